The van der Waals surface area contributed by atoms with E-state index in [9.17, 15) is 0 Å². The second-order valence-electron chi connectivity index (χ2n) is 5.30. The molecule has 1 saturated carbocycles. The van der Waals surface area contributed by atoms with Gasteiger partial charge in [-0.25, -0.2) is 4.98 Å². The molecule has 0 bridgehead atoms. The molecule has 0 radical (unpaired) electrons. The van der Waals surface area contributed by atoms with E-state index in [1.54, 1.807) is 11.3 Å². The zero-order chi connectivity index (χ0) is 12.9. The highest BCUT2D eigenvalue weighted by atomic mass is 32.1. The van der Waals surface area contributed by atoms with Crippen LogP contribution in [0.2, 0.25) is 0 Å². The lowest BCUT2D eigenvalue weighted by molar-refractivity contribution is 0.603. The molecule has 0 aromatic carbocycles. The standard InChI is InChI=1S/C14H19N3S/c1-8-6-12(13-10(3)18-14(15)16-13)9(2)17(8)7-11-4-5-11/h6,11H,4-5,7H2,1-3H3,(H2,15,16). The lowest BCUT2D eigenvalue weighted by Crippen LogP contribution is -2.03. The number of aryl methyl sites for hydroxylation is 2. The minimum absolute atomic E-state index is 0.662. The van der Waals surface area contributed by atoms with Gasteiger partial charge in [0.15, 0.2) is 5.13 Å². The summed E-state index contributed by atoms with van der Waals surface area (Å²) in [6.07, 6.45) is 2.77. The van der Waals surface area contributed by atoms with Gasteiger partial charge in [0, 0.05) is 28.4 Å². The van der Waals surface area contributed by atoms with Crippen LogP contribution in [-0.4, -0.2) is 9.55 Å². The number of rotatable bonds is 3. The Morgan fingerprint density at radius 1 is 1.39 bits per heavy atom. The Labute approximate surface area is 112 Å². The van der Waals surface area contributed by atoms with E-state index in [1.165, 1.54) is 34.7 Å². The van der Waals surface area contributed by atoms with Gasteiger partial charge in [-0.15, -0.1) is 11.3 Å². The first-order chi connectivity index (χ1) is 8.56. The van der Waals surface area contributed by atoms with Crippen LogP contribution in [0.1, 0.15) is 29.1 Å². The quantitative estimate of drug-likeness (QED) is 0.918. The van der Waals surface area contributed by atoms with Crippen molar-refractivity contribution in [2.75, 3.05) is 5.73 Å². The Balaban J connectivity index is 2.04. The van der Waals surface area contributed by atoms with Crippen LogP contribution in [0.25, 0.3) is 11.3 Å². The number of hydrogen-bond donors (Lipinski definition) is 1. The molecule has 4 heteroatoms. The van der Waals surface area contributed by atoms with Crippen molar-refractivity contribution in [1.29, 1.82) is 0 Å². The summed E-state index contributed by atoms with van der Waals surface area (Å²) in [5, 5.41) is 0.662. The molecular weight excluding hydrogens is 242 g/mol. The number of nitrogens with two attached hydrogens (primary N) is 1. The minimum atomic E-state index is 0.662. The summed E-state index contributed by atoms with van der Waals surface area (Å²) in [7, 11) is 0. The molecular formula is C14H19N3S. The van der Waals surface area contributed by atoms with E-state index in [4.69, 9.17) is 5.73 Å². The summed E-state index contributed by atoms with van der Waals surface area (Å²) in [6, 6.07) is 2.25. The van der Waals surface area contributed by atoms with E-state index in [0.717, 1.165) is 18.2 Å². The molecule has 2 heterocycles. The highest BCUT2D eigenvalue weighted by Crippen LogP contribution is 2.36. The average molecular weight is 261 g/mol. The molecule has 0 atom stereocenters. The van der Waals surface area contributed by atoms with Crippen molar-refractivity contribution in [1.82, 2.24) is 9.55 Å². The van der Waals surface area contributed by atoms with E-state index in [2.05, 4.69) is 36.4 Å². The Kier molecular flexibility index (Phi) is 2.70. The first kappa shape index (κ1) is 11.8. The fourth-order valence-corrected chi connectivity index (χ4v) is 3.25. The molecule has 3 nitrogen and oxygen atoms in total. The monoisotopic (exact) mass is 261 g/mol. The van der Waals surface area contributed by atoms with Gasteiger partial charge in [-0.2, -0.15) is 0 Å². The van der Waals surface area contributed by atoms with Gasteiger partial charge in [0.2, 0.25) is 0 Å². The third kappa shape index (κ3) is 1.94. The number of aromatic nitrogens is 2. The van der Waals surface area contributed by atoms with Crippen LogP contribution in [-0.2, 0) is 6.54 Å². The smallest absolute Gasteiger partial charge is 0.180 e. The van der Waals surface area contributed by atoms with Crippen LogP contribution in [0, 0.1) is 26.7 Å². The largest absolute Gasteiger partial charge is 0.375 e. The molecule has 2 aromatic heterocycles. The maximum atomic E-state index is 5.80. The van der Waals surface area contributed by atoms with Crippen LogP contribution < -0.4 is 5.73 Å². The summed E-state index contributed by atoms with van der Waals surface area (Å²) in [4.78, 5) is 5.68. The van der Waals surface area contributed by atoms with Gasteiger partial charge in [0.1, 0.15) is 0 Å². The van der Waals surface area contributed by atoms with Gasteiger partial charge in [-0.3, -0.25) is 0 Å². The normalized spacial score (nSPS) is 15.3. The topological polar surface area (TPSA) is 43.8 Å². The maximum Gasteiger partial charge on any atom is 0.180 e. The Hall–Kier alpha value is -1.29. The summed E-state index contributed by atoms with van der Waals surface area (Å²) in [5.41, 5.74) is 10.8. The molecule has 1 fully saturated rings. The lowest BCUT2D eigenvalue weighted by atomic mass is 10.1. The van der Waals surface area contributed by atoms with Crippen LogP contribution in [0.15, 0.2) is 6.07 Å². The Bertz CT molecular complexity index is 590. The molecule has 0 spiro atoms. The zero-order valence-corrected chi connectivity index (χ0v) is 12.0. The number of thiazole rings is 1. The molecule has 0 amide bonds. The predicted molar refractivity (Wildman–Crippen MR) is 76.9 cm³/mol. The lowest BCUT2D eigenvalue weighted by Gasteiger charge is -2.08. The van der Waals surface area contributed by atoms with Gasteiger partial charge < -0.3 is 10.3 Å². The van der Waals surface area contributed by atoms with Crippen LogP contribution in [0.5, 0.6) is 0 Å². The molecule has 0 aliphatic heterocycles. The second-order valence-corrected chi connectivity index (χ2v) is 6.53. The van der Waals surface area contributed by atoms with E-state index >= 15 is 0 Å². The number of anilines is 1. The molecule has 2 N–H and O–H groups in total. The molecule has 3 rings (SSSR count). The van der Waals surface area contributed by atoms with E-state index in [0.29, 0.717) is 5.13 Å². The Morgan fingerprint density at radius 3 is 2.67 bits per heavy atom. The fourth-order valence-electron chi connectivity index (χ4n) is 2.55. The van der Waals surface area contributed by atoms with Gasteiger partial charge in [0.05, 0.1) is 5.69 Å². The molecule has 18 heavy (non-hydrogen) atoms. The van der Waals surface area contributed by atoms with Crippen molar-refractivity contribution >= 4 is 16.5 Å². The number of hydrogen-bond acceptors (Lipinski definition) is 3. The molecule has 1 aliphatic rings. The second kappa shape index (κ2) is 4.12. The van der Waals surface area contributed by atoms with E-state index in [-0.39, 0.29) is 0 Å². The first-order valence-electron chi connectivity index (χ1n) is 6.46. The van der Waals surface area contributed by atoms with Crippen molar-refractivity contribution in [3.63, 3.8) is 0 Å². The first-order valence-corrected chi connectivity index (χ1v) is 7.28. The Morgan fingerprint density at radius 2 is 2.11 bits per heavy atom. The summed E-state index contributed by atoms with van der Waals surface area (Å²) in [6.45, 7) is 7.64. The van der Waals surface area contributed by atoms with Crippen molar-refractivity contribution in [2.24, 2.45) is 5.92 Å². The molecule has 96 valence electrons. The zero-order valence-electron chi connectivity index (χ0n) is 11.2. The van der Waals surface area contributed by atoms with Crippen LogP contribution in [0.3, 0.4) is 0 Å². The SMILES string of the molecule is Cc1sc(N)nc1-c1cc(C)n(CC2CC2)c1C. The minimum Gasteiger partial charge on any atom is -0.375 e. The molecule has 2 aromatic rings. The third-order valence-corrected chi connectivity index (χ3v) is 4.58. The summed E-state index contributed by atoms with van der Waals surface area (Å²) < 4.78 is 2.43. The van der Waals surface area contributed by atoms with Crippen molar-refractivity contribution < 1.29 is 0 Å². The molecule has 1 aliphatic carbocycles. The van der Waals surface area contributed by atoms with Crippen molar-refractivity contribution in [2.45, 2.75) is 40.2 Å². The van der Waals surface area contributed by atoms with Gasteiger partial charge in [0.25, 0.3) is 0 Å². The van der Waals surface area contributed by atoms with E-state index in [1.807, 2.05) is 0 Å². The van der Waals surface area contributed by atoms with E-state index < -0.39 is 0 Å². The predicted octanol–water partition coefficient (Wildman–Crippen LogP) is 3.53. The fraction of sp³-hybridized carbons (Fsp3) is 0.500. The summed E-state index contributed by atoms with van der Waals surface area (Å²) in [5.74, 6) is 0.893. The molecule has 0 saturated heterocycles. The van der Waals surface area contributed by atoms with Gasteiger partial charge in [-0.05, 0) is 45.6 Å². The molecule has 0 unspecified atom stereocenters. The average Bonchev–Trinajstić information content (AvgIpc) is 3.01. The maximum absolute atomic E-state index is 5.80. The van der Waals surface area contributed by atoms with Crippen LogP contribution >= 0.6 is 11.3 Å². The number of nitrogen functional groups attached to an aromatic ring is 1. The van der Waals surface area contributed by atoms with Crippen molar-refractivity contribution in [3.8, 4) is 11.3 Å². The third-order valence-electron chi connectivity index (χ3n) is 3.78. The highest BCUT2D eigenvalue weighted by Gasteiger charge is 2.24. The van der Waals surface area contributed by atoms with Gasteiger partial charge in [-0.1, -0.05) is 0 Å². The summed E-state index contributed by atoms with van der Waals surface area (Å²) >= 11 is 1.57. The van der Waals surface area contributed by atoms with Crippen molar-refractivity contribution in [3.05, 3.63) is 22.3 Å². The van der Waals surface area contributed by atoms with Gasteiger partial charge >= 0.3 is 0 Å². The number of nitrogens with zero attached hydrogens (tertiary/aromatic N) is 2. The highest BCUT2D eigenvalue weighted by molar-refractivity contribution is 7.15. The van der Waals surface area contributed by atoms with Crippen LogP contribution in [0.4, 0.5) is 5.13 Å².